The zero-order valence-electron chi connectivity index (χ0n) is 11.9. The normalized spacial score (nSPS) is 27.2. The molecule has 0 spiro atoms. The lowest BCUT2D eigenvalue weighted by molar-refractivity contribution is 0.0778. The van der Waals surface area contributed by atoms with Gasteiger partial charge in [-0.25, -0.2) is 0 Å². The van der Waals surface area contributed by atoms with Crippen LogP contribution in [0.25, 0.3) is 0 Å². The molecule has 3 atom stereocenters. The van der Waals surface area contributed by atoms with Crippen molar-refractivity contribution in [1.82, 2.24) is 4.90 Å². The number of rotatable bonds is 2. The Morgan fingerprint density at radius 3 is 2.76 bits per heavy atom. The smallest absolute Gasteiger partial charge is 0.254 e. The van der Waals surface area contributed by atoms with Crippen molar-refractivity contribution >= 4 is 40.9 Å². The highest BCUT2D eigenvalue weighted by molar-refractivity contribution is 14.1. The first-order valence-corrected chi connectivity index (χ1v) is 8.06. The number of carbonyl (C=O) groups excluding carboxylic acids is 1. The topological polar surface area (TPSA) is 55.6 Å². The zero-order chi connectivity index (χ0) is 14.3. The molecule has 3 unspecified atom stereocenters. The maximum atomic E-state index is 12.6. The number of nitrogens with zero attached hydrogens (tertiary/aromatic N) is 1. The van der Waals surface area contributed by atoms with E-state index in [2.05, 4.69) is 22.6 Å². The van der Waals surface area contributed by atoms with Gasteiger partial charge in [-0.05, 0) is 65.5 Å². The van der Waals surface area contributed by atoms with Gasteiger partial charge in [-0.1, -0.05) is 0 Å². The van der Waals surface area contributed by atoms with Gasteiger partial charge in [0.05, 0.1) is 12.7 Å². The molecule has 1 saturated carbocycles. The van der Waals surface area contributed by atoms with Gasteiger partial charge in [0, 0.05) is 22.7 Å². The van der Waals surface area contributed by atoms with Crippen molar-refractivity contribution in [3.05, 3.63) is 27.3 Å². The quantitative estimate of drug-likeness (QED) is 0.745. The van der Waals surface area contributed by atoms with E-state index in [1.807, 2.05) is 23.1 Å². The maximum absolute atomic E-state index is 12.6. The molecule has 1 amide bonds. The van der Waals surface area contributed by atoms with Crippen LogP contribution in [0.15, 0.2) is 18.2 Å². The van der Waals surface area contributed by atoms with Crippen LogP contribution in [0, 0.1) is 15.4 Å². The third kappa shape index (κ3) is 3.14. The molecule has 1 aliphatic heterocycles. The van der Waals surface area contributed by atoms with E-state index in [0.29, 0.717) is 11.8 Å². The molecule has 4 nitrogen and oxygen atoms in total. The molecule has 1 aromatic carbocycles. The number of methoxy groups -OCH3 is 1. The lowest BCUT2D eigenvalue weighted by Gasteiger charge is -2.19. The molecule has 0 bridgehead atoms. The van der Waals surface area contributed by atoms with E-state index in [1.165, 1.54) is 0 Å². The van der Waals surface area contributed by atoms with E-state index in [1.54, 1.807) is 7.11 Å². The van der Waals surface area contributed by atoms with Crippen LogP contribution in [-0.4, -0.2) is 37.0 Å². The molecule has 21 heavy (non-hydrogen) atoms. The Morgan fingerprint density at radius 1 is 1.38 bits per heavy atom. The molecule has 1 heterocycles. The number of hydrogen-bond donors (Lipinski definition) is 1. The van der Waals surface area contributed by atoms with Gasteiger partial charge < -0.3 is 15.4 Å². The molecule has 116 valence electrons. The summed E-state index contributed by atoms with van der Waals surface area (Å²) in [5.41, 5.74) is 6.90. The molecule has 6 heteroatoms. The summed E-state index contributed by atoms with van der Waals surface area (Å²) in [6.07, 6.45) is 2.27. The zero-order valence-corrected chi connectivity index (χ0v) is 14.9. The molecule has 0 aromatic heterocycles. The van der Waals surface area contributed by atoms with E-state index < -0.39 is 0 Å². The lowest BCUT2D eigenvalue weighted by atomic mass is 9.98. The van der Waals surface area contributed by atoms with Crippen molar-refractivity contribution in [3.63, 3.8) is 0 Å². The number of likely N-dealkylation sites (tertiary alicyclic amines) is 1. The minimum absolute atomic E-state index is 0. The summed E-state index contributed by atoms with van der Waals surface area (Å²) in [4.78, 5) is 14.6. The number of carbonyl (C=O) groups is 1. The average Bonchev–Trinajstić information content (AvgIpc) is 3.00. The maximum Gasteiger partial charge on any atom is 0.254 e. The van der Waals surface area contributed by atoms with Gasteiger partial charge in [-0.2, -0.15) is 0 Å². The van der Waals surface area contributed by atoms with Gasteiger partial charge in [0.15, 0.2) is 0 Å². The first-order chi connectivity index (χ1) is 9.60. The molecule has 1 saturated heterocycles. The van der Waals surface area contributed by atoms with Crippen molar-refractivity contribution in [2.75, 3.05) is 20.2 Å². The number of benzene rings is 1. The Morgan fingerprint density at radius 2 is 2.14 bits per heavy atom. The summed E-state index contributed by atoms with van der Waals surface area (Å²) in [6, 6.07) is 5.87. The van der Waals surface area contributed by atoms with Crippen molar-refractivity contribution in [1.29, 1.82) is 0 Å². The molecule has 2 fully saturated rings. The van der Waals surface area contributed by atoms with Crippen LogP contribution in [0.5, 0.6) is 5.75 Å². The van der Waals surface area contributed by atoms with Crippen LogP contribution >= 0.6 is 35.0 Å². The fraction of sp³-hybridized carbons (Fsp3) is 0.533. The molecule has 0 radical (unpaired) electrons. The molecule has 2 aliphatic rings. The summed E-state index contributed by atoms with van der Waals surface area (Å²) in [5, 5.41) is 0. The minimum Gasteiger partial charge on any atom is -0.497 e. The molecule has 3 rings (SSSR count). The van der Waals surface area contributed by atoms with Crippen LogP contribution in [-0.2, 0) is 0 Å². The first-order valence-electron chi connectivity index (χ1n) is 6.98. The summed E-state index contributed by atoms with van der Waals surface area (Å²) < 4.78 is 6.12. The Labute approximate surface area is 144 Å². The lowest BCUT2D eigenvalue weighted by Crippen LogP contribution is -2.33. The molecule has 1 aliphatic carbocycles. The SMILES string of the molecule is COc1ccc(C(=O)N2CC3CCC(N)C3C2)c(I)c1.Cl. The van der Waals surface area contributed by atoms with Gasteiger partial charge in [-0.15, -0.1) is 12.4 Å². The Kier molecular flexibility index (Phi) is 5.38. The van der Waals surface area contributed by atoms with Crippen LogP contribution < -0.4 is 10.5 Å². The summed E-state index contributed by atoms with van der Waals surface area (Å²) >= 11 is 2.20. The predicted octanol–water partition coefficient (Wildman–Crippen LogP) is 2.53. The van der Waals surface area contributed by atoms with Crippen molar-refractivity contribution in [3.8, 4) is 5.75 Å². The van der Waals surface area contributed by atoms with Crippen LogP contribution in [0.3, 0.4) is 0 Å². The van der Waals surface area contributed by atoms with E-state index in [0.717, 1.165) is 40.8 Å². The summed E-state index contributed by atoms with van der Waals surface area (Å²) in [5.74, 6) is 2.00. The highest BCUT2D eigenvalue weighted by atomic mass is 127. The fourth-order valence-corrected chi connectivity index (χ4v) is 4.16. The van der Waals surface area contributed by atoms with Gasteiger partial charge in [0.1, 0.15) is 5.75 Å². The van der Waals surface area contributed by atoms with Gasteiger partial charge in [0.25, 0.3) is 5.91 Å². The van der Waals surface area contributed by atoms with Gasteiger partial charge in [-0.3, -0.25) is 4.79 Å². The second-order valence-corrected chi connectivity index (χ2v) is 6.88. The van der Waals surface area contributed by atoms with Crippen molar-refractivity contribution in [2.45, 2.75) is 18.9 Å². The minimum atomic E-state index is 0. The average molecular weight is 423 g/mol. The third-order valence-corrected chi connectivity index (χ3v) is 5.50. The predicted molar refractivity (Wildman–Crippen MR) is 93.1 cm³/mol. The molecule has 2 N–H and O–H groups in total. The second kappa shape index (κ2) is 6.71. The van der Waals surface area contributed by atoms with Crippen LogP contribution in [0.4, 0.5) is 0 Å². The Bertz CT molecular complexity index is 540. The van der Waals surface area contributed by atoms with Gasteiger partial charge in [0.2, 0.25) is 0 Å². The Hall–Kier alpha value is -0.530. The van der Waals surface area contributed by atoms with E-state index in [4.69, 9.17) is 10.5 Å². The highest BCUT2D eigenvalue weighted by Gasteiger charge is 2.42. The van der Waals surface area contributed by atoms with E-state index in [-0.39, 0.29) is 24.4 Å². The molecular weight excluding hydrogens is 403 g/mol. The summed E-state index contributed by atoms with van der Waals surface area (Å²) in [6.45, 7) is 1.67. The van der Waals surface area contributed by atoms with E-state index in [9.17, 15) is 4.79 Å². The third-order valence-electron chi connectivity index (χ3n) is 4.61. The fourth-order valence-electron chi connectivity index (χ4n) is 3.44. The monoisotopic (exact) mass is 422 g/mol. The number of nitrogens with two attached hydrogens (primary N) is 1. The number of amides is 1. The van der Waals surface area contributed by atoms with Crippen molar-refractivity contribution in [2.24, 2.45) is 17.6 Å². The molecule has 1 aromatic rings. The number of halogens is 2. The first kappa shape index (κ1) is 16.8. The number of ether oxygens (including phenoxy) is 1. The standard InChI is InChI=1S/C15H19IN2O2.ClH/c1-20-10-3-4-11(13(16)6-10)15(19)18-7-9-2-5-14(17)12(9)8-18;/h3-4,6,9,12,14H,2,5,7-8,17H2,1H3;1H. The van der Waals surface area contributed by atoms with E-state index >= 15 is 0 Å². The Balaban J connectivity index is 0.00000161. The molecular formula is C15H20ClIN2O2. The van der Waals surface area contributed by atoms with Gasteiger partial charge >= 0.3 is 0 Å². The highest BCUT2D eigenvalue weighted by Crippen LogP contribution is 2.37. The number of fused-ring (bicyclic) bond motifs is 1. The second-order valence-electron chi connectivity index (χ2n) is 5.72. The summed E-state index contributed by atoms with van der Waals surface area (Å²) in [7, 11) is 1.63. The van der Waals surface area contributed by atoms with Crippen molar-refractivity contribution < 1.29 is 9.53 Å². The largest absolute Gasteiger partial charge is 0.497 e. The van der Waals surface area contributed by atoms with Crippen LogP contribution in [0.1, 0.15) is 23.2 Å². The number of hydrogen-bond acceptors (Lipinski definition) is 3. The van der Waals surface area contributed by atoms with Crippen LogP contribution in [0.2, 0.25) is 0 Å².